The molecule has 0 saturated carbocycles. The number of ether oxygens (including phenoxy) is 1. The molecule has 1 aromatic heterocycles. The number of aromatic nitrogens is 1. The van der Waals surface area contributed by atoms with Crippen LogP contribution < -0.4 is 5.73 Å². The molecular weight excluding hydrogens is 224 g/mol. The number of methoxy groups -OCH3 is 1. The third-order valence-corrected chi connectivity index (χ3v) is 4.09. The minimum absolute atomic E-state index is 0.194. The van der Waals surface area contributed by atoms with Crippen molar-refractivity contribution in [2.24, 2.45) is 11.1 Å². The average molecular weight is 250 g/mol. The van der Waals surface area contributed by atoms with Crippen molar-refractivity contribution in [1.29, 1.82) is 0 Å². The van der Waals surface area contributed by atoms with Gasteiger partial charge in [-0.2, -0.15) is 0 Å². The molecule has 0 saturated heterocycles. The molecule has 2 atom stereocenters. The number of rotatable bonds is 4. The smallest absolute Gasteiger partial charge is 0.0481 e. The van der Waals surface area contributed by atoms with E-state index in [4.69, 9.17) is 10.5 Å². The second-order valence-corrected chi connectivity index (χ2v) is 6.41. The summed E-state index contributed by atoms with van der Waals surface area (Å²) < 4.78 is 7.58. The van der Waals surface area contributed by atoms with Crippen LogP contribution >= 0.6 is 0 Å². The zero-order chi connectivity index (χ0) is 13.3. The number of nitrogens with zero attached hydrogens (tertiary/aromatic N) is 1. The molecule has 3 heteroatoms. The molecule has 0 fully saturated rings. The Balaban J connectivity index is 2.25. The van der Waals surface area contributed by atoms with Crippen LogP contribution in [0.2, 0.25) is 0 Å². The SMILES string of the molecule is COCCC(C)n1ccc2c1CC(C)(C)CC2N. The Morgan fingerprint density at radius 1 is 1.56 bits per heavy atom. The molecule has 1 aromatic rings. The van der Waals surface area contributed by atoms with Crippen LogP contribution in [0.5, 0.6) is 0 Å². The van der Waals surface area contributed by atoms with Gasteiger partial charge in [0.15, 0.2) is 0 Å². The summed E-state index contributed by atoms with van der Waals surface area (Å²) in [6.07, 6.45) is 5.45. The van der Waals surface area contributed by atoms with Crippen molar-refractivity contribution < 1.29 is 4.74 Å². The minimum atomic E-state index is 0.194. The lowest BCUT2D eigenvalue weighted by atomic mass is 9.74. The van der Waals surface area contributed by atoms with Gasteiger partial charge in [-0.3, -0.25) is 0 Å². The molecule has 1 aliphatic carbocycles. The van der Waals surface area contributed by atoms with Gasteiger partial charge in [0.1, 0.15) is 0 Å². The fourth-order valence-corrected chi connectivity index (χ4v) is 3.10. The monoisotopic (exact) mass is 250 g/mol. The molecule has 3 nitrogen and oxygen atoms in total. The Bertz CT molecular complexity index is 409. The first-order valence-corrected chi connectivity index (χ1v) is 6.89. The fourth-order valence-electron chi connectivity index (χ4n) is 3.10. The van der Waals surface area contributed by atoms with E-state index in [0.29, 0.717) is 11.5 Å². The van der Waals surface area contributed by atoms with Crippen molar-refractivity contribution in [3.05, 3.63) is 23.5 Å². The summed E-state index contributed by atoms with van der Waals surface area (Å²) in [6.45, 7) is 7.69. The molecule has 0 aromatic carbocycles. The molecule has 102 valence electrons. The Kier molecular flexibility index (Phi) is 3.83. The minimum Gasteiger partial charge on any atom is -0.385 e. The second kappa shape index (κ2) is 5.06. The van der Waals surface area contributed by atoms with E-state index >= 15 is 0 Å². The highest BCUT2D eigenvalue weighted by Gasteiger charge is 2.32. The van der Waals surface area contributed by atoms with Crippen molar-refractivity contribution in [3.8, 4) is 0 Å². The van der Waals surface area contributed by atoms with Crippen LogP contribution in [0.3, 0.4) is 0 Å². The Labute approximate surface area is 110 Å². The van der Waals surface area contributed by atoms with Gasteiger partial charge in [0.25, 0.3) is 0 Å². The van der Waals surface area contributed by atoms with Gasteiger partial charge in [-0.05, 0) is 43.2 Å². The van der Waals surface area contributed by atoms with E-state index in [9.17, 15) is 0 Å². The Hall–Kier alpha value is -0.800. The summed E-state index contributed by atoms with van der Waals surface area (Å²) in [7, 11) is 1.76. The standard InChI is InChI=1S/C15H26N2O/c1-11(6-8-18-4)17-7-5-12-13(16)9-15(2,3)10-14(12)17/h5,7,11,13H,6,8-10,16H2,1-4H3. The molecular formula is C15H26N2O. The van der Waals surface area contributed by atoms with Gasteiger partial charge < -0.3 is 15.0 Å². The first kappa shape index (κ1) is 13.6. The van der Waals surface area contributed by atoms with Crippen LogP contribution in [-0.2, 0) is 11.2 Å². The quantitative estimate of drug-likeness (QED) is 0.892. The lowest BCUT2D eigenvalue weighted by Gasteiger charge is -2.35. The molecule has 18 heavy (non-hydrogen) atoms. The normalized spacial score (nSPS) is 23.7. The first-order valence-electron chi connectivity index (χ1n) is 6.89. The van der Waals surface area contributed by atoms with E-state index in [-0.39, 0.29) is 6.04 Å². The molecule has 2 N–H and O–H groups in total. The first-order chi connectivity index (χ1) is 8.44. The maximum Gasteiger partial charge on any atom is 0.0481 e. The van der Waals surface area contributed by atoms with Gasteiger partial charge in [0.05, 0.1) is 0 Å². The second-order valence-electron chi connectivity index (χ2n) is 6.41. The van der Waals surface area contributed by atoms with Gasteiger partial charge in [0, 0.05) is 37.7 Å². The van der Waals surface area contributed by atoms with Crippen molar-refractivity contribution in [2.75, 3.05) is 13.7 Å². The molecule has 1 aliphatic rings. The van der Waals surface area contributed by atoms with Crippen LogP contribution in [0.15, 0.2) is 12.3 Å². The predicted molar refractivity (Wildman–Crippen MR) is 74.7 cm³/mol. The van der Waals surface area contributed by atoms with Crippen LogP contribution in [0.4, 0.5) is 0 Å². The van der Waals surface area contributed by atoms with Gasteiger partial charge in [-0.15, -0.1) is 0 Å². The molecule has 1 heterocycles. The van der Waals surface area contributed by atoms with Crippen molar-refractivity contribution in [3.63, 3.8) is 0 Å². The summed E-state index contributed by atoms with van der Waals surface area (Å²) in [5.41, 5.74) is 9.39. The van der Waals surface area contributed by atoms with Crippen LogP contribution in [0.25, 0.3) is 0 Å². The van der Waals surface area contributed by atoms with Crippen LogP contribution in [0, 0.1) is 5.41 Å². The van der Waals surface area contributed by atoms with Crippen molar-refractivity contribution >= 4 is 0 Å². The maximum atomic E-state index is 6.30. The predicted octanol–water partition coefficient (Wildman–Crippen LogP) is 3.06. The lowest BCUT2D eigenvalue weighted by Crippen LogP contribution is -2.31. The number of hydrogen-bond donors (Lipinski definition) is 1. The largest absolute Gasteiger partial charge is 0.385 e. The summed E-state index contributed by atoms with van der Waals surface area (Å²) in [5, 5.41) is 0. The molecule has 0 bridgehead atoms. The highest BCUT2D eigenvalue weighted by atomic mass is 16.5. The van der Waals surface area contributed by atoms with Gasteiger partial charge in [0.2, 0.25) is 0 Å². The van der Waals surface area contributed by atoms with Crippen molar-refractivity contribution in [1.82, 2.24) is 4.57 Å². The van der Waals surface area contributed by atoms with Crippen molar-refractivity contribution in [2.45, 2.75) is 52.1 Å². The van der Waals surface area contributed by atoms with E-state index in [0.717, 1.165) is 25.9 Å². The van der Waals surface area contributed by atoms with E-state index in [1.54, 1.807) is 7.11 Å². The molecule has 0 radical (unpaired) electrons. The lowest BCUT2D eigenvalue weighted by molar-refractivity contribution is 0.179. The molecule has 0 spiro atoms. The van der Waals surface area contributed by atoms with E-state index in [1.807, 2.05) is 0 Å². The zero-order valence-electron chi connectivity index (χ0n) is 12.1. The molecule has 0 amide bonds. The Morgan fingerprint density at radius 3 is 2.94 bits per heavy atom. The highest BCUT2D eigenvalue weighted by molar-refractivity contribution is 5.30. The number of nitrogens with two attached hydrogens (primary N) is 1. The summed E-state index contributed by atoms with van der Waals surface area (Å²) in [6, 6.07) is 2.88. The van der Waals surface area contributed by atoms with Gasteiger partial charge in [-0.25, -0.2) is 0 Å². The molecule has 0 aliphatic heterocycles. The summed E-state index contributed by atoms with van der Waals surface area (Å²) in [4.78, 5) is 0. The van der Waals surface area contributed by atoms with E-state index < -0.39 is 0 Å². The van der Waals surface area contributed by atoms with E-state index in [1.165, 1.54) is 11.3 Å². The van der Waals surface area contributed by atoms with E-state index in [2.05, 4.69) is 37.6 Å². The summed E-state index contributed by atoms with van der Waals surface area (Å²) >= 11 is 0. The third-order valence-electron chi connectivity index (χ3n) is 4.09. The molecule has 2 rings (SSSR count). The Morgan fingerprint density at radius 2 is 2.28 bits per heavy atom. The maximum absolute atomic E-state index is 6.30. The average Bonchev–Trinajstić information content (AvgIpc) is 2.68. The van der Waals surface area contributed by atoms with Crippen LogP contribution in [-0.4, -0.2) is 18.3 Å². The fraction of sp³-hybridized carbons (Fsp3) is 0.733. The highest BCUT2D eigenvalue weighted by Crippen LogP contribution is 2.40. The zero-order valence-corrected chi connectivity index (χ0v) is 12.1. The van der Waals surface area contributed by atoms with Gasteiger partial charge in [-0.1, -0.05) is 13.8 Å². The number of fused-ring (bicyclic) bond motifs is 1. The summed E-state index contributed by atoms with van der Waals surface area (Å²) in [5.74, 6) is 0. The van der Waals surface area contributed by atoms with Crippen LogP contribution in [0.1, 0.15) is 57.0 Å². The van der Waals surface area contributed by atoms with Gasteiger partial charge >= 0.3 is 0 Å². The number of hydrogen-bond acceptors (Lipinski definition) is 2. The third kappa shape index (κ3) is 2.62. The molecule has 2 unspecified atom stereocenters. The topological polar surface area (TPSA) is 40.2 Å².